The van der Waals surface area contributed by atoms with Gasteiger partial charge < -0.3 is 15.7 Å². The molecular weight excluding hydrogens is 240 g/mol. The first kappa shape index (κ1) is 14.0. The molecule has 1 aromatic carbocycles. The molecule has 1 atom stereocenters. The van der Waals surface area contributed by atoms with Crippen molar-refractivity contribution in [3.8, 4) is 0 Å². The van der Waals surface area contributed by atoms with Crippen molar-refractivity contribution in [1.82, 2.24) is 5.32 Å². The molecule has 0 spiro atoms. The Balaban J connectivity index is 2.10. The van der Waals surface area contributed by atoms with Crippen LogP contribution in [0.15, 0.2) is 24.3 Å². The number of aliphatic hydroxyl groups is 1. The summed E-state index contributed by atoms with van der Waals surface area (Å²) in [4.78, 5) is 12.5. The molecule has 1 heterocycles. The van der Waals surface area contributed by atoms with E-state index in [4.69, 9.17) is 5.11 Å². The van der Waals surface area contributed by atoms with Crippen molar-refractivity contribution in [2.45, 2.75) is 32.8 Å². The summed E-state index contributed by atoms with van der Waals surface area (Å²) < 4.78 is 0. The van der Waals surface area contributed by atoms with Crippen LogP contribution in [-0.2, 0) is 11.4 Å². The normalized spacial score (nSPS) is 23.1. The first-order valence-electron chi connectivity index (χ1n) is 6.92. The zero-order valence-corrected chi connectivity index (χ0v) is 11.4. The van der Waals surface area contributed by atoms with Gasteiger partial charge in [0.15, 0.2) is 0 Å². The van der Waals surface area contributed by atoms with Crippen molar-refractivity contribution < 1.29 is 9.90 Å². The summed E-state index contributed by atoms with van der Waals surface area (Å²) in [7, 11) is 0. The molecule has 0 aromatic heterocycles. The third kappa shape index (κ3) is 3.14. The van der Waals surface area contributed by atoms with E-state index in [0.29, 0.717) is 0 Å². The van der Waals surface area contributed by atoms with Crippen LogP contribution in [-0.4, -0.2) is 24.1 Å². The average Bonchev–Trinajstić information content (AvgIpc) is 2.48. The summed E-state index contributed by atoms with van der Waals surface area (Å²) in [6.07, 6.45) is 2.81. The Hall–Kier alpha value is -1.39. The molecule has 4 nitrogen and oxygen atoms in total. The number of amides is 1. The SMILES string of the molecule is CCC1(C(=O)Nc2cccc(CO)c2)CCCNC1. The van der Waals surface area contributed by atoms with Crippen LogP contribution in [0.3, 0.4) is 0 Å². The summed E-state index contributed by atoms with van der Waals surface area (Å²) in [5, 5.41) is 15.4. The number of nitrogens with one attached hydrogen (secondary N) is 2. The lowest BCUT2D eigenvalue weighted by molar-refractivity contribution is -0.126. The molecule has 0 saturated carbocycles. The highest BCUT2D eigenvalue weighted by Crippen LogP contribution is 2.31. The lowest BCUT2D eigenvalue weighted by atomic mass is 9.77. The van der Waals surface area contributed by atoms with Crippen LogP contribution in [0.5, 0.6) is 0 Å². The molecule has 2 rings (SSSR count). The molecule has 1 fully saturated rings. The summed E-state index contributed by atoms with van der Waals surface area (Å²) in [6.45, 7) is 3.80. The van der Waals surface area contributed by atoms with Gasteiger partial charge in [-0.1, -0.05) is 19.1 Å². The summed E-state index contributed by atoms with van der Waals surface area (Å²) >= 11 is 0. The minimum Gasteiger partial charge on any atom is -0.392 e. The molecule has 1 unspecified atom stereocenters. The van der Waals surface area contributed by atoms with Gasteiger partial charge in [-0.3, -0.25) is 4.79 Å². The van der Waals surface area contributed by atoms with Gasteiger partial charge in [-0.25, -0.2) is 0 Å². The van der Waals surface area contributed by atoms with Crippen molar-refractivity contribution in [1.29, 1.82) is 0 Å². The highest BCUT2D eigenvalue weighted by atomic mass is 16.3. The lowest BCUT2D eigenvalue weighted by Gasteiger charge is -2.35. The number of hydrogen-bond acceptors (Lipinski definition) is 3. The fraction of sp³-hybridized carbons (Fsp3) is 0.533. The van der Waals surface area contributed by atoms with Crippen molar-refractivity contribution in [2.24, 2.45) is 5.41 Å². The second kappa shape index (κ2) is 6.17. The molecule has 0 bridgehead atoms. The van der Waals surface area contributed by atoms with E-state index < -0.39 is 0 Å². The van der Waals surface area contributed by atoms with Crippen molar-refractivity contribution in [3.05, 3.63) is 29.8 Å². The largest absolute Gasteiger partial charge is 0.392 e. The second-order valence-corrected chi connectivity index (χ2v) is 5.23. The Labute approximate surface area is 114 Å². The Kier molecular flexibility index (Phi) is 4.56. The van der Waals surface area contributed by atoms with Crippen molar-refractivity contribution in [3.63, 3.8) is 0 Å². The minimum atomic E-state index is -0.298. The zero-order chi connectivity index (χ0) is 13.7. The highest BCUT2D eigenvalue weighted by molar-refractivity contribution is 5.95. The topological polar surface area (TPSA) is 61.4 Å². The number of anilines is 1. The van der Waals surface area contributed by atoms with Crippen LogP contribution in [0.25, 0.3) is 0 Å². The smallest absolute Gasteiger partial charge is 0.231 e. The molecule has 4 heteroatoms. The monoisotopic (exact) mass is 262 g/mol. The van der Waals surface area contributed by atoms with Gasteiger partial charge in [0.25, 0.3) is 0 Å². The van der Waals surface area contributed by atoms with E-state index in [0.717, 1.165) is 43.6 Å². The van der Waals surface area contributed by atoms with E-state index in [2.05, 4.69) is 17.6 Å². The molecule has 0 aliphatic carbocycles. The number of hydrogen-bond donors (Lipinski definition) is 3. The van der Waals surface area contributed by atoms with Gasteiger partial charge >= 0.3 is 0 Å². The predicted octanol–water partition coefficient (Wildman–Crippen LogP) is 1.90. The number of carbonyl (C=O) groups is 1. The molecular formula is C15H22N2O2. The van der Waals surface area contributed by atoms with Crippen LogP contribution < -0.4 is 10.6 Å². The minimum absolute atomic E-state index is 0.00974. The Morgan fingerprint density at radius 1 is 1.53 bits per heavy atom. The van der Waals surface area contributed by atoms with E-state index in [9.17, 15) is 4.79 Å². The summed E-state index contributed by atoms with van der Waals surface area (Å²) in [6, 6.07) is 7.36. The average molecular weight is 262 g/mol. The first-order chi connectivity index (χ1) is 9.20. The Morgan fingerprint density at radius 3 is 3.00 bits per heavy atom. The number of aliphatic hydroxyl groups excluding tert-OH is 1. The third-order valence-electron chi connectivity index (χ3n) is 4.00. The molecule has 3 N–H and O–H groups in total. The Morgan fingerprint density at radius 2 is 2.37 bits per heavy atom. The molecule has 1 aliphatic heterocycles. The maximum atomic E-state index is 12.5. The summed E-state index contributed by atoms with van der Waals surface area (Å²) in [5.74, 6) is 0.0808. The molecule has 0 radical (unpaired) electrons. The lowest BCUT2D eigenvalue weighted by Crippen LogP contribution is -2.47. The number of rotatable bonds is 4. The van der Waals surface area contributed by atoms with E-state index >= 15 is 0 Å². The van der Waals surface area contributed by atoms with E-state index in [1.54, 1.807) is 0 Å². The number of carbonyl (C=O) groups excluding carboxylic acids is 1. The van der Waals surface area contributed by atoms with Gasteiger partial charge in [0.2, 0.25) is 5.91 Å². The van der Waals surface area contributed by atoms with E-state index in [-0.39, 0.29) is 17.9 Å². The molecule has 1 saturated heterocycles. The second-order valence-electron chi connectivity index (χ2n) is 5.23. The fourth-order valence-electron chi connectivity index (χ4n) is 2.64. The fourth-order valence-corrected chi connectivity index (χ4v) is 2.64. The van der Waals surface area contributed by atoms with Gasteiger partial charge in [-0.05, 0) is 43.5 Å². The zero-order valence-electron chi connectivity index (χ0n) is 11.4. The van der Waals surface area contributed by atoms with Gasteiger partial charge in [0, 0.05) is 12.2 Å². The maximum absolute atomic E-state index is 12.5. The molecule has 1 aromatic rings. The van der Waals surface area contributed by atoms with Gasteiger partial charge in [-0.15, -0.1) is 0 Å². The number of benzene rings is 1. The van der Waals surface area contributed by atoms with Crippen LogP contribution in [0.1, 0.15) is 31.7 Å². The first-order valence-corrected chi connectivity index (χ1v) is 6.92. The van der Waals surface area contributed by atoms with E-state index in [1.807, 2.05) is 24.3 Å². The maximum Gasteiger partial charge on any atom is 0.231 e. The van der Waals surface area contributed by atoms with Gasteiger partial charge in [0.1, 0.15) is 0 Å². The Bertz CT molecular complexity index is 440. The standard InChI is InChI=1S/C15H22N2O2/c1-2-15(7-4-8-16-11-15)14(19)17-13-6-3-5-12(9-13)10-18/h3,5-6,9,16,18H,2,4,7-8,10-11H2,1H3,(H,17,19). The van der Waals surface area contributed by atoms with E-state index in [1.165, 1.54) is 0 Å². The summed E-state index contributed by atoms with van der Waals surface area (Å²) in [5.41, 5.74) is 1.27. The van der Waals surface area contributed by atoms with Crippen LogP contribution in [0.4, 0.5) is 5.69 Å². The van der Waals surface area contributed by atoms with Crippen LogP contribution in [0.2, 0.25) is 0 Å². The molecule has 1 amide bonds. The predicted molar refractivity (Wildman–Crippen MR) is 75.8 cm³/mol. The van der Waals surface area contributed by atoms with Gasteiger partial charge in [-0.2, -0.15) is 0 Å². The number of piperidine rings is 1. The van der Waals surface area contributed by atoms with Gasteiger partial charge in [0.05, 0.1) is 12.0 Å². The van der Waals surface area contributed by atoms with Crippen LogP contribution in [0, 0.1) is 5.41 Å². The molecule has 1 aliphatic rings. The van der Waals surface area contributed by atoms with Crippen molar-refractivity contribution >= 4 is 11.6 Å². The third-order valence-corrected chi connectivity index (χ3v) is 4.00. The highest BCUT2D eigenvalue weighted by Gasteiger charge is 2.37. The molecule has 19 heavy (non-hydrogen) atoms. The van der Waals surface area contributed by atoms with Crippen molar-refractivity contribution in [2.75, 3.05) is 18.4 Å². The molecule has 104 valence electrons. The quantitative estimate of drug-likeness (QED) is 0.776. The van der Waals surface area contributed by atoms with Crippen LogP contribution >= 0.6 is 0 Å².